The molecule has 0 amide bonds. The van der Waals surface area contributed by atoms with Crippen molar-refractivity contribution in [1.29, 1.82) is 0 Å². The van der Waals surface area contributed by atoms with Gasteiger partial charge in [0.1, 0.15) is 0 Å². The smallest absolute Gasteiger partial charge is 0.0921 e. The number of nitrogens with zero attached hydrogens (tertiary/aromatic N) is 1. The van der Waals surface area contributed by atoms with Crippen molar-refractivity contribution in [3.8, 4) is 11.1 Å². The number of aromatic nitrogens is 2. The van der Waals surface area contributed by atoms with Gasteiger partial charge in [-0.2, -0.15) is 0 Å². The van der Waals surface area contributed by atoms with Crippen molar-refractivity contribution in [2.45, 2.75) is 19.5 Å². The quantitative estimate of drug-likeness (QED) is 0.584. The zero-order chi connectivity index (χ0) is 15.9. The number of nitrogens with one attached hydrogen (secondary N) is 3. The van der Waals surface area contributed by atoms with Gasteiger partial charge in [-0.3, -0.25) is 5.32 Å². The van der Waals surface area contributed by atoms with E-state index < -0.39 is 0 Å². The molecule has 0 saturated heterocycles. The molecular formula is C19H22N4. The SMILES string of the molecule is CC(NCCc1cnc[nH]1)Nc1ccccc1-c1ccccc1. The predicted octanol–water partition coefficient (Wildman–Crippen LogP) is 3.67. The molecule has 0 radical (unpaired) electrons. The summed E-state index contributed by atoms with van der Waals surface area (Å²) in [5, 5.41) is 7.04. The van der Waals surface area contributed by atoms with Crippen molar-refractivity contribution in [2.75, 3.05) is 11.9 Å². The highest BCUT2D eigenvalue weighted by atomic mass is 15.1. The third-order valence-electron chi connectivity index (χ3n) is 3.78. The van der Waals surface area contributed by atoms with Gasteiger partial charge in [0.2, 0.25) is 0 Å². The van der Waals surface area contributed by atoms with E-state index in [0.29, 0.717) is 0 Å². The van der Waals surface area contributed by atoms with Crippen molar-refractivity contribution in [2.24, 2.45) is 0 Å². The molecule has 1 unspecified atom stereocenters. The summed E-state index contributed by atoms with van der Waals surface area (Å²) in [6.07, 6.45) is 4.70. The average molecular weight is 306 g/mol. The number of H-pyrrole nitrogens is 1. The van der Waals surface area contributed by atoms with Gasteiger partial charge in [0.25, 0.3) is 0 Å². The second-order valence-electron chi connectivity index (χ2n) is 5.56. The molecule has 3 rings (SSSR count). The van der Waals surface area contributed by atoms with E-state index in [-0.39, 0.29) is 6.17 Å². The maximum absolute atomic E-state index is 4.03. The van der Waals surface area contributed by atoms with Crippen molar-refractivity contribution in [1.82, 2.24) is 15.3 Å². The lowest BCUT2D eigenvalue weighted by molar-refractivity contribution is 0.598. The highest BCUT2D eigenvalue weighted by molar-refractivity contribution is 5.77. The van der Waals surface area contributed by atoms with Crippen molar-refractivity contribution >= 4 is 5.69 Å². The summed E-state index contributed by atoms with van der Waals surface area (Å²) in [5.74, 6) is 0. The van der Waals surface area contributed by atoms with Gasteiger partial charge in [-0.25, -0.2) is 4.98 Å². The van der Waals surface area contributed by atoms with Crippen LogP contribution in [0.15, 0.2) is 67.1 Å². The van der Waals surface area contributed by atoms with Crippen LogP contribution in [0.2, 0.25) is 0 Å². The number of para-hydroxylation sites is 1. The average Bonchev–Trinajstić information content (AvgIpc) is 3.09. The standard InChI is InChI=1S/C19H22N4/c1-15(21-12-11-17-13-20-14-22-17)23-19-10-6-5-9-18(19)16-7-3-2-4-8-16/h2-10,13-15,21,23H,11-12H2,1H3,(H,20,22). The zero-order valence-corrected chi connectivity index (χ0v) is 13.3. The molecule has 4 nitrogen and oxygen atoms in total. The second kappa shape index (κ2) is 7.61. The van der Waals surface area contributed by atoms with E-state index in [0.717, 1.165) is 24.3 Å². The van der Waals surface area contributed by atoms with Crippen molar-refractivity contribution in [3.63, 3.8) is 0 Å². The fourth-order valence-corrected chi connectivity index (χ4v) is 2.61. The molecule has 0 spiro atoms. The Morgan fingerprint density at radius 1 is 1.04 bits per heavy atom. The van der Waals surface area contributed by atoms with Crippen LogP contribution >= 0.6 is 0 Å². The molecule has 3 N–H and O–H groups in total. The fraction of sp³-hybridized carbons (Fsp3) is 0.211. The molecule has 1 heterocycles. The topological polar surface area (TPSA) is 52.7 Å². The summed E-state index contributed by atoms with van der Waals surface area (Å²) in [6.45, 7) is 3.03. The maximum atomic E-state index is 4.03. The van der Waals surface area contributed by atoms with Gasteiger partial charge < -0.3 is 10.3 Å². The van der Waals surface area contributed by atoms with Crippen molar-refractivity contribution in [3.05, 3.63) is 72.8 Å². The Morgan fingerprint density at radius 2 is 1.83 bits per heavy atom. The van der Waals surface area contributed by atoms with Crippen LogP contribution in [0.1, 0.15) is 12.6 Å². The molecule has 0 saturated carbocycles. The summed E-state index contributed by atoms with van der Waals surface area (Å²) in [5.41, 5.74) is 4.73. The predicted molar refractivity (Wildman–Crippen MR) is 95.3 cm³/mol. The van der Waals surface area contributed by atoms with Crippen LogP contribution in [-0.4, -0.2) is 22.7 Å². The van der Waals surface area contributed by atoms with Crippen LogP contribution < -0.4 is 10.6 Å². The van der Waals surface area contributed by atoms with Crippen molar-refractivity contribution < 1.29 is 0 Å². The van der Waals surface area contributed by atoms with Gasteiger partial charge in [-0.05, 0) is 18.6 Å². The molecule has 0 bridgehead atoms. The molecule has 2 aromatic carbocycles. The molecule has 23 heavy (non-hydrogen) atoms. The minimum Gasteiger partial charge on any atom is -0.370 e. The number of hydrogen-bond donors (Lipinski definition) is 3. The Balaban J connectivity index is 1.61. The van der Waals surface area contributed by atoms with Gasteiger partial charge >= 0.3 is 0 Å². The van der Waals surface area contributed by atoms with Crippen LogP contribution in [0, 0.1) is 0 Å². The molecule has 0 aliphatic carbocycles. The van der Waals surface area contributed by atoms with E-state index in [2.05, 4.69) is 76.1 Å². The monoisotopic (exact) mass is 306 g/mol. The largest absolute Gasteiger partial charge is 0.370 e. The molecule has 3 aromatic rings. The lowest BCUT2D eigenvalue weighted by Gasteiger charge is -2.19. The molecular weight excluding hydrogens is 284 g/mol. The maximum Gasteiger partial charge on any atom is 0.0921 e. The van der Waals surface area contributed by atoms with Gasteiger partial charge in [0.05, 0.1) is 12.5 Å². The van der Waals surface area contributed by atoms with Crippen LogP contribution in [0.4, 0.5) is 5.69 Å². The lowest BCUT2D eigenvalue weighted by atomic mass is 10.0. The lowest BCUT2D eigenvalue weighted by Crippen LogP contribution is -2.34. The molecule has 1 atom stereocenters. The van der Waals surface area contributed by atoms with Gasteiger partial charge in [-0.1, -0.05) is 48.5 Å². The van der Waals surface area contributed by atoms with Gasteiger partial charge in [-0.15, -0.1) is 0 Å². The Bertz CT molecular complexity index is 707. The van der Waals surface area contributed by atoms with E-state index in [1.165, 1.54) is 11.1 Å². The van der Waals surface area contributed by atoms with Gasteiger partial charge in [0.15, 0.2) is 0 Å². The first-order chi connectivity index (χ1) is 11.3. The van der Waals surface area contributed by atoms with Crippen LogP contribution in [-0.2, 0) is 6.42 Å². The van der Waals surface area contributed by atoms with E-state index in [4.69, 9.17) is 0 Å². The Hall–Kier alpha value is -2.59. The molecule has 1 aromatic heterocycles. The summed E-state index contributed by atoms with van der Waals surface area (Å²) >= 11 is 0. The zero-order valence-electron chi connectivity index (χ0n) is 13.3. The number of imidazole rings is 1. The van der Waals surface area contributed by atoms with Crippen LogP contribution in [0.5, 0.6) is 0 Å². The van der Waals surface area contributed by atoms with Gasteiger partial charge in [0, 0.05) is 36.1 Å². The summed E-state index contributed by atoms with van der Waals surface area (Å²) in [6, 6.07) is 18.9. The molecule has 118 valence electrons. The summed E-state index contributed by atoms with van der Waals surface area (Å²) in [4.78, 5) is 7.15. The first kappa shape index (κ1) is 15.3. The van der Waals surface area contributed by atoms with Crippen LogP contribution in [0.25, 0.3) is 11.1 Å². The Labute approximate surface area is 137 Å². The van der Waals surface area contributed by atoms with E-state index in [1.807, 2.05) is 12.3 Å². The first-order valence-electron chi connectivity index (χ1n) is 7.94. The Morgan fingerprint density at radius 3 is 2.61 bits per heavy atom. The number of benzene rings is 2. The third kappa shape index (κ3) is 4.20. The molecule has 0 fully saturated rings. The second-order valence-corrected chi connectivity index (χ2v) is 5.56. The fourth-order valence-electron chi connectivity index (χ4n) is 2.61. The molecule has 0 aliphatic heterocycles. The molecule has 0 aliphatic rings. The number of anilines is 1. The van der Waals surface area contributed by atoms with E-state index in [9.17, 15) is 0 Å². The summed E-state index contributed by atoms with van der Waals surface area (Å²) in [7, 11) is 0. The number of hydrogen-bond acceptors (Lipinski definition) is 3. The molecule has 4 heteroatoms. The van der Waals surface area contributed by atoms with E-state index >= 15 is 0 Å². The first-order valence-corrected chi connectivity index (χ1v) is 7.94. The highest BCUT2D eigenvalue weighted by Crippen LogP contribution is 2.27. The minimum absolute atomic E-state index is 0.183. The van der Waals surface area contributed by atoms with Crippen LogP contribution in [0.3, 0.4) is 0 Å². The van der Waals surface area contributed by atoms with E-state index in [1.54, 1.807) is 6.33 Å². The normalized spacial score (nSPS) is 12.0. The third-order valence-corrected chi connectivity index (χ3v) is 3.78. The highest BCUT2D eigenvalue weighted by Gasteiger charge is 2.07. The number of aromatic amines is 1. The Kier molecular flexibility index (Phi) is 5.06. The summed E-state index contributed by atoms with van der Waals surface area (Å²) < 4.78 is 0. The number of rotatable bonds is 7. The minimum atomic E-state index is 0.183.